The Labute approximate surface area is 602 Å². The van der Waals surface area contributed by atoms with E-state index in [-0.39, 0.29) is 67.4 Å². The largest absolute Gasteiger partial charge is 0.489 e. The Balaban J connectivity index is 1.89. The highest BCUT2D eigenvalue weighted by atomic mass is 35.5. The number of rotatable bonds is 17. The average Bonchev–Trinajstić information content (AvgIpc) is 1.74. The predicted octanol–water partition coefficient (Wildman–Crippen LogP) is 7.22. The number of benzene rings is 2. The summed E-state index contributed by atoms with van der Waals surface area (Å²) in [7, 11) is 10.1. The van der Waals surface area contributed by atoms with E-state index < -0.39 is 167 Å². The summed E-state index contributed by atoms with van der Waals surface area (Å²) in [4.78, 5) is 173. The topological polar surface area (TPSA) is 277 Å². The molecule has 560 valence electrons. The first-order valence-electron chi connectivity index (χ1n) is 35.1. The summed E-state index contributed by atoms with van der Waals surface area (Å²) in [6.07, 6.45) is -0.0211. The molecule has 27 heteroatoms. The third-order valence-corrected chi connectivity index (χ3v) is 20.0. The summed E-state index contributed by atoms with van der Waals surface area (Å²) in [6, 6.07) is -0.711. The van der Waals surface area contributed by atoms with Gasteiger partial charge < -0.3 is 65.0 Å². The van der Waals surface area contributed by atoms with Crippen molar-refractivity contribution in [1.82, 2.24) is 55.6 Å². The van der Waals surface area contributed by atoms with E-state index in [1.165, 1.54) is 116 Å². The highest BCUT2D eigenvalue weighted by Crippen LogP contribution is 2.40. The molecule has 0 aromatic heterocycles. The lowest BCUT2D eigenvalue weighted by atomic mass is 9.93. The summed E-state index contributed by atoms with van der Waals surface area (Å²) < 4.78 is 26.9. The number of nitrogens with zero attached hydrogens (tertiary/aromatic N) is 7. The highest BCUT2D eigenvalue weighted by Gasteiger charge is 2.49. The molecule has 2 aliphatic heterocycles. The number of hydrogen-bond acceptors (Lipinski definition) is 14. The number of likely N-dealkylation sites (N-methyl/N-ethyl adjacent to an activating group) is 7. The third-order valence-electron chi connectivity index (χ3n) is 18.6. The quantitative estimate of drug-likeness (QED) is 0.122. The van der Waals surface area contributed by atoms with Gasteiger partial charge in [0.25, 0.3) is 0 Å². The van der Waals surface area contributed by atoms with Crippen molar-refractivity contribution in [2.24, 2.45) is 41.4 Å². The predicted molar refractivity (Wildman–Crippen MR) is 384 cm³/mol. The fourth-order valence-corrected chi connectivity index (χ4v) is 14.1. The maximum absolute atomic E-state index is 15.7. The monoisotopic (exact) mass is 1440 g/mol. The minimum absolute atomic E-state index is 0.0248. The fraction of sp³-hybridized carbons (Fsp3) is 0.685. The number of carbonyl (C=O) groups excluding carboxylic acids is 11. The Morgan fingerprint density at radius 3 is 1.59 bits per heavy atom. The second kappa shape index (κ2) is 38.3. The van der Waals surface area contributed by atoms with E-state index in [2.05, 4.69) is 21.3 Å². The van der Waals surface area contributed by atoms with Crippen molar-refractivity contribution in [3.63, 3.8) is 0 Å². The van der Waals surface area contributed by atoms with Gasteiger partial charge in [0, 0.05) is 54.2 Å². The minimum Gasteiger partial charge on any atom is -0.489 e. The molecule has 2 heterocycles. The number of amides is 11. The van der Waals surface area contributed by atoms with Crippen molar-refractivity contribution in [2.75, 3.05) is 55.9 Å². The van der Waals surface area contributed by atoms with Gasteiger partial charge in [-0.25, -0.2) is 4.39 Å². The van der Waals surface area contributed by atoms with Crippen LogP contribution in [-0.4, -0.2) is 227 Å². The SMILES string of the molecule is CC[C@@H]1NC(=O)[C@H]([C@@H]2O[C@@H](Sc3cccc(OCc4ccc(F)c(Cl)c4)c3)C[C@H]2C)N(C)C(=O)[C@H](C(C)C)N(C)C(=O)[C@H](CC(C)C)N(C)C(=O)[C@H](CC(C)C)N(C)C(=O)[C@@H](C)NC(=O)[C@H](C)NC(=O)[C@H](CC(C)C)N(C)C(=O)[C@H](C(C)C)NC(=O)[C@H](CC(C)C)N(C)C(=O)CN(C)C1=O. The molecule has 13 atom stereocenters. The van der Waals surface area contributed by atoms with Gasteiger partial charge in [0.15, 0.2) is 0 Å². The zero-order chi connectivity index (χ0) is 75.8. The molecule has 2 aromatic carbocycles. The number of halogens is 2. The Morgan fingerprint density at radius 2 is 1.06 bits per heavy atom. The van der Waals surface area contributed by atoms with Crippen molar-refractivity contribution < 1.29 is 66.6 Å². The van der Waals surface area contributed by atoms with Crippen molar-refractivity contribution in [3.8, 4) is 5.75 Å². The van der Waals surface area contributed by atoms with Crippen LogP contribution in [0.1, 0.15) is 155 Å². The molecule has 2 fully saturated rings. The molecular weight excluding hydrogens is 1330 g/mol. The van der Waals surface area contributed by atoms with Crippen molar-refractivity contribution >= 4 is 88.3 Å². The van der Waals surface area contributed by atoms with Crippen LogP contribution in [0.25, 0.3) is 0 Å². The molecule has 24 nitrogen and oxygen atoms in total. The molecule has 2 aliphatic rings. The molecule has 4 rings (SSSR count). The molecular formula is C73H115ClFN11O13S. The number of hydrogen-bond donors (Lipinski definition) is 4. The van der Waals surface area contributed by atoms with Crippen LogP contribution in [0.15, 0.2) is 47.4 Å². The van der Waals surface area contributed by atoms with Gasteiger partial charge >= 0.3 is 0 Å². The van der Waals surface area contributed by atoms with E-state index in [1.54, 1.807) is 52.8 Å². The van der Waals surface area contributed by atoms with E-state index in [4.69, 9.17) is 21.1 Å². The van der Waals surface area contributed by atoms with Crippen LogP contribution in [0, 0.1) is 47.2 Å². The Morgan fingerprint density at radius 1 is 0.550 bits per heavy atom. The average molecular weight is 1440 g/mol. The van der Waals surface area contributed by atoms with E-state index in [0.29, 0.717) is 17.7 Å². The van der Waals surface area contributed by atoms with Gasteiger partial charge in [0.05, 0.1) is 17.7 Å². The second-order valence-electron chi connectivity index (χ2n) is 29.7. The van der Waals surface area contributed by atoms with Gasteiger partial charge in [-0.15, -0.1) is 0 Å². The lowest BCUT2D eigenvalue weighted by Gasteiger charge is -2.41. The first-order valence-corrected chi connectivity index (χ1v) is 36.3. The Kier molecular flexibility index (Phi) is 32.7. The molecule has 0 aliphatic carbocycles. The van der Waals surface area contributed by atoms with Crippen LogP contribution in [0.2, 0.25) is 5.02 Å². The van der Waals surface area contributed by atoms with Crippen LogP contribution < -0.4 is 26.0 Å². The molecule has 0 saturated carbocycles. The van der Waals surface area contributed by atoms with Gasteiger partial charge in [-0.05, 0) is 130 Å². The number of thioether (sulfide) groups is 1. The van der Waals surface area contributed by atoms with Gasteiger partial charge in [-0.1, -0.05) is 132 Å². The summed E-state index contributed by atoms with van der Waals surface area (Å²) in [5, 5.41) is 11.1. The Hall–Kier alpha value is -7.06. The van der Waals surface area contributed by atoms with Gasteiger partial charge in [-0.3, -0.25) is 52.7 Å². The van der Waals surface area contributed by atoms with E-state index in [9.17, 15) is 38.0 Å². The molecule has 0 spiro atoms. The van der Waals surface area contributed by atoms with E-state index >= 15 is 19.2 Å². The standard InChI is InChI=1S/C73H115ClFN11O13S/c1-24-53-69(93)80(17)37-58(87)81(18)54(30-39(2)3)66(90)79-60(43(10)11)72(96)82(19)55(31-40(4)5)65(89)76-46(15)64(88)77-47(16)68(92)83(20)56(32-41(6)7)70(94)84(21)57(33-42(8)9)71(95)85(22)61(44(12)13)73(97)86(23)62(67(91)78-53)63-45(14)34-59(99-63)100-50-27-25-26-49(36-50)98-38-48-28-29-52(75)51(74)35-48/h25-29,35-36,39-47,53-57,59-63H,24,30-34,37-38H2,1-23H3,(H,76,89)(H,77,88)(H,78,91)(H,79,90)/t45-,46+,47-,53+,54+,55+,56+,57+,59+,60+,61+,62+,63-/m1/s1. The lowest BCUT2D eigenvalue weighted by molar-refractivity contribution is -0.157. The van der Waals surface area contributed by atoms with Crippen LogP contribution in [0.4, 0.5) is 4.39 Å². The van der Waals surface area contributed by atoms with Crippen LogP contribution in [-0.2, 0) is 64.1 Å². The molecule has 11 amide bonds. The summed E-state index contributed by atoms with van der Waals surface area (Å²) in [5.74, 6) is -9.50. The van der Waals surface area contributed by atoms with Crippen molar-refractivity contribution in [2.45, 2.75) is 233 Å². The zero-order valence-electron chi connectivity index (χ0n) is 63.3. The second-order valence-corrected chi connectivity index (χ2v) is 31.3. The van der Waals surface area contributed by atoms with Crippen molar-refractivity contribution in [1.29, 1.82) is 0 Å². The van der Waals surface area contributed by atoms with Crippen LogP contribution in [0.5, 0.6) is 5.75 Å². The maximum atomic E-state index is 15.7. The van der Waals surface area contributed by atoms with Crippen LogP contribution in [0.3, 0.4) is 0 Å². The first-order chi connectivity index (χ1) is 46.5. The van der Waals surface area contributed by atoms with Crippen LogP contribution >= 0.6 is 23.4 Å². The van der Waals surface area contributed by atoms with Gasteiger partial charge in [0.1, 0.15) is 84.0 Å². The summed E-state index contributed by atoms with van der Waals surface area (Å²) in [6.45, 7) is 27.9. The first kappa shape index (κ1) is 85.4. The molecule has 0 unspecified atom stereocenters. The van der Waals surface area contributed by atoms with Crippen molar-refractivity contribution in [3.05, 3.63) is 58.9 Å². The molecule has 0 radical (unpaired) electrons. The molecule has 2 saturated heterocycles. The number of ether oxygens (including phenoxy) is 2. The number of carbonyl (C=O) groups is 11. The maximum Gasteiger partial charge on any atom is 0.246 e. The van der Waals surface area contributed by atoms with E-state index in [1.807, 2.05) is 74.4 Å². The normalized spacial score (nSPS) is 26.9. The summed E-state index contributed by atoms with van der Waals surface area (Å²) in [5.41, 5.74) is 0.0638. The Bertz CT molecular complexity index is 3190. The zero-order valence-corrected chi connectivity index (χ0v) is 64.8. The fourth-order valence-electron chi connectivity index (χ4n) is 12.7. The van der Waals surface area contributed by atoms with E-state index in [0.717, 1.165) is 9.80 Å². The summed E-state index contributed by atoms with van der Waals surface area (Å²) >= 11 is 7.40. The number of nitrogens with one attached hydrogen (secondary N) is 4. The smallest absolute Gasteiger partial charge is 0.246 e. The minimum atomic E-state index is -1.45. The molecule has 4 N–H and O–H groups in total. The molecule has 0 bridgehead atoms. The highest BCUT2D eigenvalue weighted by molar-refractivity contribution is 7.99. The molecule has 100 heavy (non-hydrogen) atoms. The lowest BCUT2D eigenvalue weighted by Crippen LogP contribution is -2.63. The molecule has 2 aromatic rings. The van der Waals surface area contributed by atoms with Gasteiger partial charge in [-0.2, -0.15) is 0 Å². The van der Waals surface area contributed by atoms with Gasteiger partial charge in [0.2, 0.25) is 65.0 Å². The third kappa shape index (κ3) is 23.0.